The minimum absolute atomic E-state index is 0.227. The van der Waals surface area contributed by atoms with Crippen LogP contribution in [0.4, 0.5) is 5.82 Å². The highest BCUT2D eigenvalue weighted by Gasteiger charge is 2.09. The molecule has 1 amide bonds. The molecule has 0 aliphatic carbocycles. The Kier molecular flexibility index (Phi) is 5.99. The first-order valence-corrected chi connectivity index (χ1v) is 9.10. The third kappa shape index (κ3) is 5.22. The van der Waals surface area contributed by atoms with Crippen molar-refractivity contribution in [2.45, 2.75) is 20.5 Å². The van der Waals surface area contributed by atoms with Gasteiger partial charge in [-0.15, -0.1) is 0 Å². The zero-order valence-corrected chi connectivity index (χ0v) is 16.4. The molecule has 0 aliphatic rings. The highest BCUT2D eigenvalue weighted by Crippen LogP contribution is 2.28. The minimum atomic E-state index is -0.227. The monoisotopic (exact) mass is 400 g/mol. The number of nitrogens with one attached hydrogen (secondary N) is 1. The summed E-state index contributed by atoms with van der Waals surface area (Å²) in [6.07, 6.45) is 0. The van der Waals surface area contributed by atoms with Crippen LogP contribution in [0.3, 0.4) is 0 Å². The predicted molar refractivity (Wildman–Crippen MR) is 109 cm³/mol. The lowest BCUT2D eigenvalue weighted by Gasteiger charge is -2.10. The van der Waals surface area contributed by atoms with Crippen LogP contribution in [0.1, 0.15) is 27.2 Å². The van der Waals surface area contributed by atoms with E-state index < -0.39 is 0 Å². The van der Waals surface area contributed by atoms with Gasteiger partial charge in [0.1, 0.15) is 18.2 Å². The maximum Gasteiger partial charge on any atom is 0.256 e. The summed E-state index contributed by atoms with van der Waals surface area (Å²) in [6.45, 7) is 4.12. The van der Waals surface area contributed by atoms with Gasteiger partial charge in [0.15, 0.2) is 0 Å². The van der Waals surface area contributed by atoms with Gasteiger partial charge >= 0.3 is 0 Å². The number of rotatable bonds is 5. The average molecular weight is 401 g/mol. The van der Waals surface area contributed by atoms with Gasteiger partial charge < -0.3 is 10.1 Å². The Morgan fingerprint density at radius 1 is 1.07 bits per heavy atom. The molecule has 0 radical (unpaired) electrons. The summed E-state index contributed by atoms with van der Waals surface area (Å²) in [5.41, 5.74) is 3.26. The van der Waals surface area contributed by atoms with E-state index in [-0.39, 0.29) is 12.5 Å². The maximum absolute atomic E-state index is 12.5. The summed E-state index contributed by atoms with van der Waals surface area (Å²) < 4.78 is 5.73. The third-order valence-corrected chi connectivity index (χ3v) is 4.36. The number of amides is 1. The van der Waals surface area contributed by atoms with E-state index in [0.717, 1.165) is 16.8 Å². The van der Waals surface area contributed by atoms with Crippen LogP contribution < -0.4 is 10.1 Å². The van der Waals surface area contributed by atoms with E-state index in [1.807, 2.05) is 38.1 Å². The Hall–Kier alpha value is -2.56. The van der Waals surface area contributed by atoms with Gasteiger partial charge in [-0.2, -0.15) is 0 Å². The Labute approximate surface area is 168 Å². The summed E-state index contributed by atoms with van der Waals surface area (Å²) in [5, 5.41) is 3.85. The molecule has 0 bridgehead atoms. The summed E-state index contributed by atoms with van der Waals surface area (Å²) in [6, 6.07) is 16.0. The highest BCUT2D eigenvalue weighted by molar-refractivity contribution is 6.34. The van der Waals surface area contributed by atoms with E-state index in [1.54, 1.807) is 30.3 Å². The SMILES string of the molecule is Cc1cc(C)nc(NC(=O)c2cccc(COc3cc(Cl)ccc3Cl)c2)c1. The molecule has 2 aromatic carbocycles. The lowest BCUT2D eigenvalue weighted by atomic mass is 10.1. The normalized spacial score (nSPS) is 10.5. The molecular formula is C21H18Cl2N2O2. The summed E-state index contributed by atoms with van der Waals surface area (Å²) in [5.74, 6) is 0.804. The predicted octanol–water partition coefficient (Wildman–Crippen LogP) is 5.84. The molecule has 0 aliphatic heterocycles. The van der Waals surface area contributed by atoms with Crippen molar-refractivity contribution in [3.05, 3.63) is 87.0 Å². The van der Waals surface area contributed by atoms with Crippen molar-refractivity contribution in [2.75, 3.05) is 5.32 Å². The van der Waals surface area contributed by atoms with Crippen molar-refractivity contribution in [3.63, 3.8) is 0 Å². The van der Waals surface area contributed by atoms with E-state index in [1.165, 1.54) is 0 Å². The number of aromatic nitrogens is 1. The maximum atomic E-state index is 12.5. The second kappa shape index (κ2) is 8.42. The molecule has 4 nitrogen and oxygen atoms in total. The molecule has 0 fully saturated rings. The van der Waals surface area contributed by atoms with Crippen LogP contribution in [0.2, 0.25) is 10.0 Å². The molecule has 27 heavy (non-hydrogen) atoms. The first-order valence-electron chi connectivity index (χ1n) is 8.34. The number of anilines is 1. The fourth-order valence-corrected chi connectivity index (χ4v) is 2.98. The third-order valence-electron chi connectivity index (χ3n) is 3.82. The van der Waals surface area contributed by atoms with Crippen molar-refractivity contribution in [3.8, 4) is 5.75 Å². The molecule has 0 saturated heterocycles. The zero-order valence-electron chi connectivity index (χ0n) is 14.9. The molecule has 3 rings (SSSR count). The summed E-state index contributed by atoms with van der Waals surface area (Å²) in [7, 11) is 0. The second-order valence-electron chi connectivity index (χ2n) is 6.19. The smallest absolute Gasteiger partial charge is 0.256 e. The first kappa shape index (κ1) is 19.2. The molecule has 1 heterocycles. The van der Waals surface area contributed by atoms with Crippen LogP contribution in [0.5, 0.6) is 5.75 Å². The van der Waals surface area contributed by atoms with Crippen molar-refractivity contribution in [2.24, 2.45) is 0 Å². The van der Waals surface area contributed by atoms with Crippen LogP contribution >= 0.6 is 23.2 Å². The van der Waals surface area contributed by atoms with Crippen molar-refractivity contribution < 1.29 is 9.53 Å². The molecule has 0 spiro atoms. The number of carbonyl (C=O) groups excluding carboxylic acids is 1. The standard InChI is InChI=1S/C21H18Cl2N2O2/c1-13-8-14(2)24-20(9-13)25-21(26)16-5-3-4-15(10-16)12-27-19-11-17(22)6-7-18(19)23/h3-11H,12H2,1-2H3,(H,24,25,26). The lowest BCUT2D eigenvalue weighted by molar-refractivity contribution is 0.102. The van der Waals surface area contributed by atoms with Crippen LogP contribution in [0.15, 0.2) is 54.6 Å². The van der Waals surface area contributed by atoms with Gasteiger partial charge in [0, 0.05) is 22.3 Å². The van der Waals surface area contributed by atoms with Gasteiger partial charge in [-0.25, -0.2) is 4.98 Å². The van der Waals surface area contributed by atoms with Crippen molar-refractivity contribution in [1.29, 1.82) is 0 Å². The Balaban J connectivity index is 1.71. The number of hydrogen-bond acceptors (Lipinski definition) is 3. The number of halogens is 2. The van der Waals surface area contributed by atoms with Gasteiger partial charge in [0.05, 0.1) is 5.02 Å². The molecule has 6 heteroatoms. The summed E-state index contributed by atoms with van der Waals surface area (Å²) in [4.78, 5) is 16.9. The molecule has 0 saturated carbocycles. The molecule has 3 aromatic rings. The zero-order chi connectivity index (χ0) is 19.4. The number of ether oxygens (including phenoxy) is 1. The summed E-state index contributed by atoms with van der Waals surface area (Å²) >= 11 is 12.1. The van der Waals surface area contributed by atoms with Gasteiger partial charge in [0.2, 0.25) is 0 Å². The van der Waals surface area contributed by atoms with Crippen molar-refractivity contribution in [1.82, 2.24) is 4.98 Å². The van der Waals surface area contributed by atoms with Gasteiger partial charge in [-0.3, -0.25) is 4.79 Å². The first-order chi connectivity index (χ1) is 12.9. The Bertz CT molecular complexity index is 969. The molecule has 138 valence electrons. The fraction of sp³-hybridized carbons (Fsp3) is 0.143. The molecule has 0 atom stereocenters. The van der Waals surface area contributed by atoms with Crippen LogP contribution in [-0.2, 0) is 6.61 Å². The second-order valence-corrected chi connectivity index (χ2v) is 7.03. The minimum Gasteiger partial charge on any atom is -0.487 e. The quantitative estimate of drug-likeness (QED) is 0.585. The number of benzene rings is 2. The van der Waals surface area contributed by atoms with Gasteiger partial charge in [-0.1, -0.05) is 35.3 Å². The molecule has 1 N–H and O–H groups in total. The van der Waals surface area contributed by atoms with E-state index in [2.05, 4.69) is 10.3 Å². The van der Waals surface area contributed by atoms with E-state index in [0.29, 0.717) is 27.2 Å². The fourth-order valence-electron chi connectivity index (χ4n) is 2.65. The van der Waals surface area contributed by atoms with Crippen molar-refractivity contribution >= 4 is 34.9 Å². The van der Waals surface area contributed by atoms with Crippen LogP contribution in [0.25, 0.3) is 0 Å². The number of aryl methyl sites for hydroxylation is 2. The molecule has 1 aromatic heterocycles. The van der Waals surface area contributed by atoms with Gasteiger partial charge in [0.25, 0.3) is 5.91 Å². The largest absolute Gasteiger partial charge is 0.487 e. The van der Waals surface area contributed by atoms with E-state index in [9.17, 15) is 4.79 Å². The Morgan fingerprint density at radius 2 is 1.89 bits per heavy atom. The topological polar surface area (TPSA) is 51.2 Å². The number of hydrogen-bond donors (Lipinski definition) is 1. The number of nitrogens with zero attached hydrogens (tertiary/aromatic N) is 1. The number of pyridine rings is 1. The average Bonchev–Trinajstić information content (AvgIpc) is 2.62. The van der Waals surface area contributed by atoms with E-state index >= 15 is 0 Å². The van der Waals surface area contributed by atoms with Crippen LogP contribution in [-0.4, -0.2) is 10.9 Å². The lowest BCUT2D eigenvalue weighted by Crippen LogP contribution is -2.14. The van der Waals surface area contributed by atoms with E-state index in [4.69, 9.17) is 27.9 Å². The Morgan fingerprint density at radius 3 is 2.67 bits per heavy atom. The number of carbonyl (C=O) groups is 1. The molecule has 0 unspecified atom stereocenters. The molecular weight excluding hydrogens is 383 g/mol. The highest BCUT2D eigenvalue weighted by atomic mass is 35.5. The van der Waals surface area contributed by atoms with Gasteiger partial charge in [-0.05, 0) is 61.4 Å². The van der Waals surface area contributed by atoms with Crippen LogP contribution in [0, 0.1) is 13.8 Å².